The molecule has 3 aromatic rings. The summed E-state index contributed by atoms with van der Waals surface area (Å²) in [6.45, 7) is 3.90. The Bertz CT molecular complexity index is 923. The van der Waals surface area contributed by atoms with Crippen LogP contribution in [0.2, 0.25) is 0 Å². The minimum absolute atomic E-state index is 0.0942. The quantitative estimate of drug-likeness (QED) is 0.680. The molecule has 1 heterocycles. The molecule has 138 valence electrons. The van der Waals surface area contributed by atoms with E-state index in [0.29, 0.717) is 16.3 Å². The Morgan fingerprint density at radius 2 is 1.70 bits per heavy atom. The number of carbonyl (C=O) groups excluding carboxylic acids is 2. The number of nitrogens with one attached hydrogen (secondary N) is 2. The summed E-state index contributed by atoms with van der Waals surface area (Å²) in [5.74, 6) is -0.469. The molecule has 0 saturated heterocycles. The molecule has 2 aromatic carbocycles. The number of aromatic nitrogens is 2. The Morgan fingerprint density at radius 1 is 1.00 bits per heavy atom. The summed E-state index contributed by atoms with van der Waals surface area (Å²) in [6, 6.07) is 16.4. The molecule has 0 aliphatic carbocycles. The fourth-order valence-corrected chi connectivity index (χ4v) is 3.16. The highest BCUT2D eigenvalue weighted by atomic mass is 32.1. The summed E-state index contributed by atoms with van der Waals surface area (Å²) >= 11 is 1.27. The van der Waals surface area contributed by atoms with E-state index in [1.807, 2.05) is 44.2 Å². The minimum Gasteiger partial charge on any atom is -0.346 e. The number of rotatable bonds is 6. The van der Waals surface area contributed by atoms with E-state index in [4.69, 9.17) is 0 Å². The molecule has 2 N–H and O–H groups in total. The monoisotopic (exact) mass is 380 g/mol. The van der Waals surface area contributed by atoms with Gasteiger partial charge in [0.2, 0.25) is 5.01 Å². The van der Waals surface area contributed by atoms with E-state index < -0.39 is 0 Å². The highest BCUT2D eigenvalue weighted by Crippen LogP contribution is 2.16. The van der Waals surface area contributed by atoms with E-state index in [1.165, 1.54) is 11.3 Å². The second-order valence-electron chi connectivity index (χ2n) is 5.99. The van der Waals surface area contributed by atoms with Crippen LogP contribution in [0.15, 0.2) is 54.6 Å². The van der Waals surface area contributed by atoms with Crippen LogP contribution >= 0.6 is 11.3 Å². The van der Waals surface area contributed by atoms with E-state index in [-0.39, 0.29) is 17.9 Å². The SMILES string of the molecule is CCc1nnc(C(=O)Nc2ccc(C(=O)N[C@@H](C)c3ccccc3)cc2)s1. The van der Waals surface area contributed by atoms with Crippen molar-refractivity contribution in [2.45, 2.75) is 26.3 Å². The molecule has 0 spiro atoms. The Morgan fingerprint density at radius 3 is 2.33 bits per heavy atom. The second kappa shape index (κ2) is 8.55. The lowest BCUT2D eigenvalue weighted by Crippen LogP contribution is -2.26. The maximum absolute atomic E-state index is 12.4. The van der Waals surface area contributed by atoms with Gasteiger partial charge in [0, 0.05) is 11.3 Å². The van der Waals surface area contributed by atoms with Crippen LogP contribution in [-0.4, -0.2) is 22.0 Å². The predicted molar refractivity (Wildman–Crippen MR) is 106 cm³/mol. The van der Waals surface area contributed by atoms with Crippen LogP contribution in [-0.2, 0) is 6.42 Å². The second-order valence-corrected chi connectivity index (χ2v) is 7.05. The van der Waals surface area contributed by atoms with Gasteiger partial charge in [0.1, 0.15) is 5.01 Å². The van der Waals surface area contributed by atoms with Gasteiger partial charge in [-0.2, -0.15) is 0 Å². The van der Waals surface area contributed by atoms with Gasteiger partial charge in [-0.05, 0) is 43.2 Å². The van der Waals surface area contributed by atoms with Crippen LogP contribution in [0, 0.1) is 0 Å². The van der Waals surface area contributed by atoms with Crippen molar-refractivity contribution in [3.8, 4) is 0 Å². The summed E-state index contributed by atoms with van der Waals surface area (Å²) in [5, 5.41) is 14.7. The zero-order chi connectivity index (χ0) is 19.2. The van der Waals surface area contributed by atoms with Crippen molar-refractivity contribution >= 4 is 28.8 Å². The number of hydrogen-bond acceptors (Lipinski definition) is 5. The van der Waals surface area contributed by atoms with Crippen molar-refractivity contribution in [1.29, 1.82) is 0 Å². The van der Waals surface area contributed by atoms with Crippen molar-refractivity contribution in [2.24, 2.45) is 0 Å². The molecule has 0 unspecified atom stereocenters. The van der Waals surface area contributed by atoms with Crippen LogP contribution in [0.5, 0.6) is 0 Å². The standard InChI is InChI=1S/C20H20N4O2S/c1-3-17-23-24-20(27-17)19(26)22-16-11-9-15(10-12-16)18(25)21-13(2)14-7-5-4-6-8-14/h4-13H,3H2,1-2H3,(H,21,25)(H,22,26)/t13-/m0/s1. The van der Waals surface area contributed by atoms with Gasteiger partial charge in [0.05, 0.1) is 6.04 Å². The third-order valence-electron chi connectivity index (χ3n) is 4.02. The summed E-state index contributed by atoms with van der Waals surface area (Å²) in [7, 11) is 0. The van der Waals surface area contributed by atoms with Crippen LogP contribution in [0.25, 0.3) is 0 Å². The number of carbonyl (C=O) groups is 2. The molecule has 3 rings (SSSR count). The summed E-state index contributed by atoms with van der Waals surface area (Å²) in [4.78, 5) is 24.6. The van der Waals surface area contributed by atoms with Gasteiger partial charge >= 0.3 is 0 Å². The number of aryl methyl sites for hydroxylation is 1. The van der Waals surface area contributed by atoms with E-state index >= 15 is 0 Å². The van der Waals surface area contributed by atoms with Gasteiger partial charge in [-0.25, -0.2) is 0 Å². The Labute approximate surface area is 161 Å². The van der Waals surface area contributed by atoms with Gasteiger partial charge in [0.25, 0.3) is 11.8 Å². The molecule has 6 nitrogen and oxygen atoms in total. The molecule has 1 aromatic heterocycles. The first-order chi connectivity index (χ1) is 13.1. The molecule has 0 radical (unpaired) electrons. The molecule has 1 atom stereocenters. The number of benzene rings is 2. The summed E-state index contributed by atoms with van der Waals surface area (Å²) in [6.07, 6.45) is 0.746. The molecular formula is C20H20N4O2S. The molecule has 2 amide bonds. The molecule has 0 bridgehead atoms. The van der Waals surface area contributed by atoms with Gasteiger partial charge in [0.15, 0.2) is 0 Å². The number of nitrogens with zero attached hydrogens (tertiary/aromatic N) is 2. The maximum atomic E-state index is 12.4. The average molecular weight is 380 g/mol. The highest BCUT2D eigenvalue weighted by Gasteiger charge is 2.14. The van der Waals surface area contributed by atoms with Crippen LogP contribution in [0.3, 0.4) is 0 Å². The van der Waals surface area contributed by atoms with E-state index in [0.717, 1.165) is 17.0 Å². The summed E-state index contributed by atoms with van der Waals surface area (Å²) in [5.41, 5.74) is 2.17. The Kier molecular flexibility index (Phi) is 5.93. The first-order valence-electron chi connectivity index (χ1n) is 8.66. The van der Waals surface area contributed by atoms with E-state index in [9.17, 15) is 9.59 Å². The highest BCUT2D eigenvalue weighted by molar-refractivity contribution is 7.13. The van der Waals surface area contributed by atoms with Crippen molar-refractivity contribution < 1.29 is 9.59 Å². The molecule has 0 fully saturated rings. The fourth-order valence-electron chi connectivity index (χ4n) is 2.48. The molecular weight excluding hydrogens is 360 g/mol. The van der Waals surface area contributed by atoms with Gasteiger partial charge in [-0.15, -0.1) is 10.2 Å². The van der Waals surface area contributed by atoms with Gasteiger partial charge in [-0.3, -0.25) is 9.59 Å². The van der Waals surface area contributed by atoms with Gasteiger partial charge in [-0.1, -0.05) is 48.6 Å². The zero-order valence-corrected chi connectivity index (χ0v) is 15.9. The molecule has 27 heavy (non-hydrogen) atoms. The number of amides is 2. The lowest BCUT2D eigenvalue weighted by atomic mass is 10.1. The summed E-state index contributed by atoms with van der Waals surface area (Å²) < 4.78 is 0. The number of hydrogen-bond donors (Lipinski definition) is 2. The number of anilines is 1. The zero-order valence-electron chi connectivity index (χ0n) is 15.1. The Hall–Kier alpha value is -3.06. The minimum atomic E-state index is -0.304. The van der Waals surface area contributed by atoms with Crippen molar-refractivity contribution in [1.82, 2.24) is 15.5 Å². The Balaban J connectivity index is 1.61. The fraction of sp³-hybridized carbons (Fsp3) is 0.200. The van der Waals surface area contributed by atoms with Crippen LogP contribution in [0.1, 0.15) is 50.6 Å². The third kappa shape index (κ3) is 4.77. The van der Waals surface area contributed by atoms with Crippen molar-refractivity contribution in [2.75, 3.05) is 5.32 Å². The average Bonchev–Trinajstić information content (AvgIpc) is 3.18. The van der Waals surface area contributed by atoms with E-state index in [2.05, 4.69) is 20.8 Å². The van der Waals surface area contributed by atoms with Crippen molar-refractivity contribution in [3.05, 3.63) is 75.7 Å². The normalized spacial score (nSPS) is 11.6. The topological polar surface area (TPSA) is 84.0 Å². The molecule has 7 heteroatoms. The molecule has 0 aliphatic rings. The van der Waals surface area contributed by atoms with Crippen LogP contribution in [0.4, 0.5) is 5.69 Å². The van der Waals surface area contributed by atoms with Crippen molar-refractivity contribution in [3.63, 3.8) is 0 Å². The molecule has 0 saturated carbocycles. The lowest BCUT2D eigenvalue weighted by Gasteiger charge is -2.14. The van der Waals surface area contributed by atoms with E-state index in [1.54, 1.807) is 24.3 Å². The predicted octanol–water partition coefficient (Wildman–Crippen LogP) is 3.84. The first kappa shape index (κ1) is 18.7. The van der Waals surface area contributed by atoms with Gasteiger partial charge < -0.3 is 10.6 Å². The largest absolute Gasteiger partial charge is 0.346 e. The molecule has 0 aliphatic heterocycles. The first-order valence-corrected chi connectivity index (χ1v) is 9.48. The smallest absolute Gasteiger partial charge is 0.286 e. The third-order valence-corrected chi connectivity index (χ3v) is 5.08. The lowest BCUT2D eigenvalue weighted by molar-refractivity contribution is 0.0939. The van der Waals surface area contributed by atoms with Crippen LogP contribution < -0.4 is 10.6 Å². The maximum Gasteiger partial charge on any atom is 0.286 e.